The van der Waals surface area contributed by atoms with E-state index in [-0.39, 0.29) is 18.7 Å². The van der Waals surface area contributed by atoms with E-state index in [0.717, 1.165) is 10.5 Å². The average molecular weight is 492 g/mol. The van der Waals surface area contributed by atoms with Gasteiger partial charge in [0, 0.05) is 12.2 Å². The standard InChI is InChI=1S/C27H26FN3O5/c1-35-22-11-3-18(4-12-22)15-16-30-24(17-25(32)29-20-7-13-23(36-2)14-8-20)26(33)31(27(30)34)21-9-5-19(28)6-10-21/h3-14,24H,15-17H2,1-2H3,(H,29,32). The zero-order valence-corrected chi connectivity index (χ0v) is 19.9. The van der Waals surface area contributed by atoms with Crippen molar-refractivity contribution in [3.05, 3.63) is 84.2 Å². The molecule has 9 heteroatoms. The van der Waals surface area contributed by atoms with Gasteiger partial charge in [-0.1, -0.05) is 12.1 Å². The summed E-state index contributed by atoms with van der Waals surface area (Å²) in [4.78, 5) is 41.9. The third kappa shape index (κ3) is 5.46. The van der Waals surface area contributed by atoms with Gasteiger partial charge in [0.2, 0.25) is 5.91 Å². The van der Waals surface area contributed by atoms with Crippen molar-refractivity contribution in [3.63, 3.8) is 0 Å². The second-order valence-electron chi connectivity index (χ2n) is 8.22. The highest BCUT2D eigenvalue weighted by molar-refractivity contribution is 6.22. The molecule has 4 amide bonds. The van der Waals surface area contributed by atoms with Crippen molar-refractivity contribution < 1.29 is 28.2 Å². The number of nitrogens with zero attached hydrogens (tertiary/aromatic N) is 2. The van der Waals surface area contributed by atoms with E-state index in [9.17, 15) is 18.8 Å². The minimum atomic E-state index is -1.00. The highest BCUT2D eigenvalue weighted by Crippen LogP contribution is 2.28. The van der Waals surface area contributed by atoms with Gasteiger partial charge in [0.05, 0.1) is 26.3 Å². The van der Waals surface area contributed by atoms with Gasteiger partial charge >= 0.3 is 6.03 Å². The van der Waals surface area contributed by atoms with Crippen molar-refractivity contribution in [2.45, 2.75) is 18.9 Å². The molecule has 3 aromatic carbocycles. The second-order valence-corrected chi connectivity index (χ2v) is 8.22. The number of rotatable bonds is 9. The van der Waals surface area contributed by atoms with Crippen molar-refractivity contribution in [1.82, 2.24) is 4.90 Å². The molecular weight excluding hydrogens is 465 g/mol. The first-order chi connectivity index (χ1) is 17.4. The summed E-state index contributed by atoms with van der Waals surface area (Å²) in [5, 5.41) is 2.76. The van der Waals surface area contributed by atoms with Crippen LogP contribution in [0.2, 0.25) is 0 Å². The summed E-state index contributed by atoms with van der Waals surface area (Å²) in [7, 11) is 3.12. The number of imide groups is 1. The zero-order valence-electron chi connectivity index (χ0n) is 19.9. The molecule has 1 aliphatic heterocycles. The van der Waals surface area contributed by atoms with Crippen molar-refractivity contribution in [3.8, 4) is 11.5 Å². The summed E-state index contributed by atoms with van der Waals surface area (Å²) >= 11 is 0. The smallest absolute Gasteiger partial charge is 0.332 e. The van der Waals surface area contributed by atoms with E-state index in [1.807, 2.05) is 24.3 Å². The van der Waals surface area contributed by atoms with E-state index in [0.29, 0.717) is 23.6 Å². The van der Waals surface area contributed by atoms with Gasteiger partial charge in [-0.25, -0.2) is 14.1 Å². The first-order valence-electron chi connectivity index (χ1n) is 11.4. The van der Waals surface area contributed by atoms with Crippen LogP contribution < -0.4 is 19.7 Å². The Balaban J connectivity index is 1.53. The van der Waals surface area contributed by atoms with Gasteiger partial charge < -0.3 is 19.7 Å². The average Bonchev–Trinajstić information content (AvgIpc) is 3.12. The molecule has 1 aliphatic rings. The number of urea groups is 1. The van der Waals surface area contributed by atoms with Crippen molar-refractivity contribution >= 4 is 29.2 Å². The highest BCUT2D eigenvalue weighted by atomic mass is 19.1. The van der Waals surface area contributed by atoms with Crippen molar-refractivity contribution in [2.24, 2.45) is 0 Å². The van der Waals surface area contributed by atoms with Crippen LogP contribution in [-0.2, 0) is 16.0 Å². The molecule has 8 nitrogen and oxygen atoms in total. The van der Waals surface area contributed by atoms with Gasteiger partial charge in [0.15, 0.2) is 0 Å². The number of hydrogen-bond donors (Lipinski definition) is 1. The Morgan fingerprint density at radius 1 is 0.889 bits per heavy atom. The molecule has 186 valence electrons. The number of nitrogens with one attached hydrogen (secondary N) is 1. The summed E-state index contributed by atoms with van der Waals surface area (Å²) in [6.45, 7) is 0.217. The largest absolute Gasteiger partial charge is 0.497 e. The van der Waals surface area contributed by atoms with Crippen LogP contribution in [0.3, 0.4) is 0 Å². The second kappa shape index (κ2) is 10.9. The lowest BCUT2D eigenvalue weighted by Gasteiger charge is -2.21. The van der Waals surface area contributed by atoms with E-state index in [4.69, 9.17) is 9.47 Å². The summed E-state index contributed by atoms with van der Waals surface area (Å²) in [6, 6.07) is 17.7. The molecule has 1 N–H and O–H groups in total. The molecule has 0 aromatic heterocycles. The summed E-state index contributed by atoms with van der Waals surface area (Å²) in [6.07, 6.45) is 0.244. The van der Waals surface area contributed by atoms with E-state index in [2.05, 4.69) is 5.32 Å². The number of carbonyl (C=O) groups is 3. The Kier molecular flexibility index (Phi) is 7.48. The maximum Gasteiger partial charge on any atom is 0.332 e. The van der Waals surface area contributed by atoms with Crippen LogP contribution in [-0.4, -0.2) is 49.6 Å². The molecule has 0 bridgehead atoms. The monoisotopic (exact) mass is 491 g/mol. The van der Waals surface area contributed by atoms with Crippen LogP contribution in [0, 0.1) is 5.82 Å². The lowest BCUT2D eigenvalue weighted by Crippen LogP contribution is -2.39. The third-order valence-electron chi connectivity index (χ3n) is 5.96. The number of carbonyl (C=O) groups excluding carboxylic acids is 3. The molecule has 1 unspecified atom stereocenters. The fraction of sp³-hybridized carbons (Fsp3) is 0.222. The van der Waals surface area contributed by atoms with E-state index < -0.39 is 29.7 Å². The number of anilines is 2. The normalized spacial score (nSPS) is 15.2. The summed E-state index contributed by atoms with van der Waals surface area (Å²) < 4.78 is 23.7. The Morgan fingerprint density at radius 2 is 1.47 bits per heavy atom. The Labute approximate surface area is 208 Å². The van der Waals surface area contributed by atoms with Crippen LogP contribution in [0.4, 0.5) is 20.6 Å². The predicted molar refractivity (Wildman–Crippen MR) is 133 cm³/mol. The number of hydrogen-bond acceptors (Lipinski definition) is 5. The van der Waals surface area contributed by atoms with Crippen LogP contribution in [0.25, 0.3) is 0 Å². The van der Waals surface area contributed by atoms with Crippen LogP contribution in [0.15, 0.2) is 72.8 Å². The minimum absolute atomic E-state index is 0.217. The molecule has 1 atom stereocenters. The highest BCUT2D eigenvalue weighted by Gasteiger charge is 2.46. The molecule has 3 aromatic rings. The lowest BCUT2D eigenvalue weighted by atomic mass is 10.1. The van der Waals surface area contributed by atoms with Gasteiger partial charge in [-0.15, -0.1) is 0 Å². The first-order valence-corrected chi connectivity index (χ1v) is 11.4. The Morgan fingerprint density at radius 3 is 2.06 bits per heavy atom. The van der Waals surface area contributed by atoms with Crippen LogP contribution >= 0.6 is 0 Å². The minimum Gasteiger partial charge on any atom is -0.497 e. The fourth-order valence-electron chi connectivity index (χ4n) is 4.02. The third-order valence-corrected chi connectivity index (χ3v) is 5.96. The van der Waals surface area contributed by atoms with Gasteiger partial charge in [0.1, 0.15) is 23.4 Å². The number of benzene rings is 3. The van der Waals surface area contributed by atoms with Gasteiger partial charge in [-0.2, -0.15) is 0 Å². The predicted octanol–water partition coefficient (Wildman–Crippen LogP) is 4.25. The van der Waals surface area contributed by atoms with Gasteiger partial charge in [-0.05, 0) is 72.6 Å². The van der Waals surface area contributed by atoms with Crippen LogP contribution in [0.5, 0.6) is 11.5 Å². The van der Waals surface area contributed by atoms with Gasteiger partial charge in [-0.3, -0.25) is 9.59 Å². The molecule has 36 heavy (non-hydrogen) atoms. The molecule has 0 spiro atoms. The molecule has 1 heterocycles. The topological polar surface area (TPSA) is 88.2 Å². The molecule has 4 rings (SSSR count). The maximum atomic E-state index is 13.4. The molecule has 1 saturated heterocycles. The van der Waals surface area contributed by atoms with Crippen LogP contribution in [0.1, 0.15) is 12.0 Å². The van der Waals surface area contributed by atoms with E-state index in [1.165, 1.54) is 29.2 Å². The van der Waals surface area contributed by atoms with Crippen molar-refractivity contribution in [1.29, 1.82) is 0 Å². The van der Waals surface area contributed by atoms with E-state index in [1.54, 1.807) is 38.5 Å². The Hall–Kier alpha value is -4.40. The maximum absolute atomic E-state index is 13.4. The molecule has 0 aliphatic carbocycles. The van der Waals surface area contributed by atoms with Gasteiger partial charge in [0.25, 0.3) is 5.91 Å². The molecule has 1 fully saturated rings. The Bertz CT molecular complexity index is 1230. The fourth-order valence-corrected chi connectivity index (χ4v) is 4.02. The summed E-state index contributed by atoms with van der Waals surface area (Å²) in [5.41, 5.74) is 1.73. The molecule has 0 saturated carbocycles. The molecular formula is C27H26FN3O5. The number of halogens is 1. The first kappa shape index (κ1) is 24.7. The quantitative estimate of drug-likeness (QED) is 0.452. The number of methoxy groups -OCH3 is 2. The molecule has 0 radical (unpaired) electrons. The summed E-state index contributed by atoms with van der Waals surface area (Å²) in [5.74, 6) is -0.0801. The van der Waals surface area contributed by atoms with E-state index >= 15 is 0 Å². The zero-order chi connectivity index (χ0) is 25.7. The van der Waals surface area contributed by atoms with Crippen molar-refractivity contribution in [2.75, 3.05) is 31.0 Å². The number of amides is 4. The number of ether oxygens (including phenoxy) is 2. The lowest BCUT2D eigenvalue weighted by molar-refractivity contribution is -0.124. The SMILES string of the molecule is COc1ccc(CCN2C(=O)N(c3ccc(F)cc3)C(=O)C2CC(=O)Nc2ccc(OC)cc2)cc1.